The van der Waals surface area contributed by atoms with Crippen molar-refractivity contribution in [3.63, 3.8) is 0 Å². The predicted octanol–water partition coefficient (Wildman–Crippen LogP) is 1.69. The van der Waals surface area contributed by atoms with Crippen molar-refractivity contribution in [2.45, 2.75) is 40.2 Å². The van der Waals surface area contributed by atoms with Crippen LogP contribution >= 0.6 is 0 Å². The van der Waals surface area contributed by atoms with E-state index in [1.807, 2.05) is 37.8 Å². The summed E-state index contributed by atoms with van der Waals surface area (Å²) in [6.07, 6.45) is 0.0868. The van der Waals surface area contributed by atoms with Gasteiger partial charge in [-0.15, -0.1) is 0 Å². The molecule has 1 N–H and O–H groups in total. The molecule has 1 saturated heterocycles. The van der Waals surface area contributed by atoms with Gasteiger partial charge in [-0.05, 0) is 36.6 Å². The van der Waals surface area contributed by atoms with Crippen molar-refractivity contribution in [3.05, 3.63) is 29.8 Å². The van der Waals surface area contributed by atoms with E-state index < -0.39 is 0 Å². The highest BCUT2D eigenvalue weighted by Gasteiger charge is 2.31. The fourth-order valence-electron chi connectivity index (χ4n) is 3.22. The molecular formula is C22H30N4O4. The van der Waals surface area contributed by atoms with Crippen LogP contribution in [0.2, 0.25) is 0 Å². The quantitative estimate of drug-likeness (QED) is 0.681. The maximum atomic E-state index is 12.6. The number of carbonyl (C=O) groups is 3. The number of ether oxygens (including phenoxy) is 1. The zero-order chi connectivity index (χ0) is 22.3. The van der Waals surface area contributed by atoms with Crippen LogP contribution in [0, 0.1) is 16.7 Å². The predicted molar refractivity (Wildman–Crippen MR) is 113 cm³/mol. The first-order chi connectivity index (χ1) is 14.1. The highest BCUT2D eigenvalue weighted by molar-refractivity contribution is 5.88. The van der Waals surface area contributed by atoms with Crippen LogP contribution in [0.1, 0.15) is 39.7 Å². The molecule has 0 aromatic heterocycles. The fourth-order valence-corrected chi connectivity index (χ4v) is 3.22. The van der Waals surface area contributed by atoms with Crippen LogP contribution in [0.5, 0.6) is 0 Å². The van der Waals surface area contributed by atoms with Crippen molar-refractivity contribution < 1.29 is 19.1 Å². The van der Waals surface area contributed by atoms with Crippen LogP contribution in [0.15, 0.2) is 24.3 Å². The summed E-state index contributed by atoms with van der Waals surface area (Å²) in [5.41, 5.74) is 1.10. The number of carbonyl (C=O) groups excluding carboxylic acids is 3. The number of nitrogens with zero attached hydrogens (tertiary/aromatic N) is 3. The Bertz CT molecular complexity index is 808. The Balaban J connectivity index is 1.92. The smallest absolute Gasteiger partial charge is 0.307 e. The Morgan fingerprint density at radius 3 is 2.43 bits per heavy atom. The molecule has 1 atom stereocenters. The zero-order valence-electron chi connectivity index (χ0n) is 18.1. The molecule has 1 fully saturated rings. The molecule has 0 spiro atoms. The number of nitrogens with one attached hydrogen (secondary N) is 1. The highest BCUT2D eigenvalue weighted by Crippen LogP contribution is 2.22. The number of benzene rings is 1. The molecule has 8 nitrogen and oxygen atoms in total. The maximum absolute atomic E-state index is 12.6. The first-order valence-electron chi connectivity index (χ1n) is 10.1. The molecule has 2 rings (SSSR count). The number of hydrogen-bond acceptors (Lipinski definition) is 6. The summed E-state index contributed by atoms with van der Waals surface area (Å²) in [4.78, 5) is 40.5. The van der Waals surface area contributed by atoms with E-state index in [0.717, 1.165) is 5.69 Å². The van der Waals surface area contributed by atoms with Gasteiger partial charge in [-0.1, -0.05) is 20.8 Å². The zero-order valence-corrected chi connectivity index (χ0v) is 18.1. The van der Waals surface area contributed by atoms with Gasteiger partial charge in [0.05, 0.1) is 37.7 Å². The minimum atomic E-state index is -0.390. The minimum Gasteiger partial charge on any atom is -0.466 e. The molecule has 2 amide bonds. The lowest BCUT2D eigenvalue weighted by Crippen LogP contribution is -2.55. The average molecular weight is 415 g/mol. The van der Waals surface area contributed by atoms with E-state index in [2.05, 4.69) is 11.4 Å². The van der Waals surface area contributed by atoms with Crippen molar-refractivity contribution in [2.24, 2.45) is 5.41 Å². The first-order valence-corrected chi connectivity index (χ1v) is 10.1. The molecule has 1 heterocycles. The molecule has 1 aliphatic heterocycles. The topological polar surface area (TPSA) is 103 Å². The van der Waals surface area contributed by atoms with Gasteiger partial charge in [0.15, 0.2) is 0 Å². The molecule has 1 aromatic carbocycles. The Morgan fingerprint density at radius 1 is 1.23 bits per heavy atom. The molecular weight excluding hydrogens is 384 g/mol. The Kier molecular flexibility index (Phi) is 7.81. The largest absolute Gasteiger partial charge is 0.466 e. The number of rotatable bonds is 7. The summed E-state index contributed by atoms with van der Waals surface area (Å²) in [6.45, 7) is 9.00. The summed E-state index contributed by atoms with van der Waals surface area (Å²) < 4.78 is 5.01. The molecule has 1 unspecified atom stereocenters. The second-order valence-electron chi connectivity index (χ2n) is 8.39. The minimum absolute atomic E-state index is 0.0462. The van der Waals surface area contributed by atoms with Crippen molar-refractivity contribution in [1.82, 2.24) is 10.2 Å². The molecule has 162 valence electrons. The van der Waals surface area contributed by atoms with Crippen molar-refractivity contribution in [1.29, 1.82) is 5.26 Å². The summed E-state index contributed by atoms with van der Waals surface area (Å²) >= 11 is 0. The number of piperazine rings is 1. The molecule has 30 heavy (non-hydrogen) atoms. The van der Waals surface area contributed by atoms with E-state index in [-0.39, 0.29) is 48.8 Å². The number of anilines is 1. The Labute approximate surface area is 177 Å². The lowest BCUT2D eigenvalue weighted by molar-refractivity contribution is -0.145. The number of amides is 2. The van der Waals surface area contributed by atoms with E-state index in [9.17, 15) is 14.4 Å². The summed E-state index contributed by atoms with van der Waals surface area (Å²) in [5.74, 6) is -0.789. The first kappa shape index (κ1) is 23.2. The van der Waals surface area contributed by atoms with Gasteiger partial charge in [0.25, 0.3) is 0 Å². The van der Waals surface area contributed by atoms with E-state index in [4.69, 9.17) is 10.00 Å². The summed E-state index contributed by atoms with van der Waals surface area (Å²) in [7, 11) is 0. The fraction of sp³-hybridized carbons (Fsp3) is 0.545. The van der Waals surface area contributed by atoms with Gasteiger partial charge in [0, 0.05) is 24.8 Å². The van der Waals surface area contributed by atoms with E-state index >= 15 is 0 Å². The third kappa shape index (κ3) is 6.48. The van der Waals surface area contributed by atoms with Gasteiger partial charge >= 0.3 is 5.97 Å². The second kappa shape index (κ2) is 10.1. The van der Waals surface area contributed by atoms with Gasteiger partial charge in [-0.25, -0.2) is 0 Å². The lowest BCUT2D eigenvalue weighted by atomic mass is 9.84. The van der Waals surface area contributed by atoms with Crippen LogP contribution in [0.4, 0.5) is 5.69 Å². The van der Waals surface area contributed by atoms with Gasteiger partial charge in [-0.3, -0.25) is 14.4 Å². The van der Waals surface area contributed by atoms with Crippen LogP contribution in [0.25, 0.3) is 0 Å². The normalized spacial score (nSPS) is 15.4. The Hall–Kier alpha value is -3.08. The van der Waals surface area contributed by atoms with Gasteiger partial charge in [0.2, 0.25) is 11.8 Å². The number of nitriles is 1. The highest BCUT2D eigenvalue weighted by atomic mass is 16.5. The molecule has 0 radical (unpaired) electrons. The third-order valence-electron chi connectivity index (χ3n) is 5.07. The number of esters is 1. The van der Waals surface area contributed by atoms with E-state index in [1.54, 1.807) is 19.1 Å². The maximum Gasteiger partial charge on any atom is 0.307 e. The summed E-state index contributed by atoms with van der Waals surface area (Å²) in [5, 5.41) is 11.8. The lowest BCUT2D eigenvalue weighted by Gasteiger charge is -2.36. The molecule has 0 aliphatic carbocycles. The standard InChI is InChI=1S/C22H30N4O4/c1-5-30-21(29)12-18(22(2,3)4)24-19(27)14-26-11-10-25(15-20(26)28)17-8-6-16(13-23)7-9-17/h6-9,18H,5,10-12,14-15H2,1-4H3,(H,24,27). The van der Waals surface area contributed by atoms with Gasteiger partial charge < -0.3 is 19.9 Å². The van der Waals surface area contributed by atoms with Crippen LogP contribution < -0.4 is 10.2 Å². The molecule has 8 heteroatoms. The van der Waals surface area contributed by atoms with E-state index in [1.165, 1.54) is 4.90 Å². The second-order valence-corrected chi connectivity index (χ2v) is 8.39. The van der Waals surface area contributed by atoms with Crippen molar-refractivity contribution in [2.75, 3.05) is 37.7 Å². The van der Waals surface area contributed by atoms with Crippen molar-refractivity contribution in [3.8, 4) is 6.07 Å². The number of hydrogen-bond donors (Lipinski definition) is 1. The SMILES string of the molecule is CCOC(=O)CC(NC(=O)CN1CCN(c2ccc(C#N)cc2)CC1=O)C(C)(C)C. The van der Waals surface area contributed by atoms with Crippen LogP contribution in [-0.4, -0.2) is 61.5 Å². The molecule has 0 saturated carbocycles. The molecule has 1 aromatic rings. The molecule has 0 bridgehead atoms. The van der Waals surface area contributed by atoms with Crippen LogP contribution in [-0.2, 0) is 19.1 Å². The monoisotopic (exact) mass is 414 g/mol. The molecule has 1 aliphatic rings. The van der Waals surface area contributed by atoms with Crippen LogP contribution in [0.3, 0.4) is 0 Å². The summed E-state index contributed by atoms with van der Waals surface area (Å²) in [6, 6.07) is 8.75. The Morgan fingerprint density at radius 2 is 1.90 bits per heavy atom. The average Bonchev–Trinajstić information content (AvgIpc) is 2.68. The third-order valence-corrected chi connectivity index (χ3v) is 5.07. The van der Waals surface area contributed by atoms with E-state index in [0.29, 0.717) is 25.3 Å². The van der Waals surface area contributed by atoms with Gasteiger partial charge in [0.1, 0.15) is 0 Å². The van der Waals surface area contributed by atoms with Crippen molar-refractivity contribution >= 4 is 23.5 Å². The van der Waals surface area contributed by atoms with Gasteiger partial charge in [-0.2, -0.15) is 5.26 Å².